The maximum Gasteiger partial charge on any atom is 0.228 e. The lowest BCUT2D eigenvalue weighted by molar-refractivity contribution is -0.131. The number of carbonyl (C=O) groups excluding carboxylic acids is 1. The van der Waals surface area contributed by atoms with Crippen LogP contribution in [-0.4, -0.2) is 64.0 Å². The lowest BCUT2D eigenvalue weighted by Crippen LogP contribution is -2.36. The first-order valence-electron chi connectivity index (χ1n) is 17.1. The number of carbonyl (C=O) groups is 1. The van der Waals surface area contributed by atoms with Gasteiger partial charge in [-0.2, -0.15) is 0 Å². The van der Waals surface area contributed by atoms with Crippen LogP contribution in [0.1, 0.15) is 48.9 Å². The molecule has 5 heterocycles. The Bertz CT molecular complexity index is 1990. The van der Waals surface area contributed by atoms with Crippen LogP contribution in [0.25, 0.3) is 28.0 Å². The number of aryl methyl sites for hydroxylation is 1. The van der Waals surface area contributed by atoms with Crippen LogP contribution in [-0.2, 0) is 11.2 Å². The molecule has 1 N–H and O–H groups in total. The Labute approximate surface area is 277 Å². The molecule has 0 aliphatic carbocycles. The van der Waals surface area contributed by atoms with Crippen LogP contribution in [0, 0.1) is 12.8 Å². The average molecular weight is 623 g/mol. The number of anilines is 2. The summed E-state index contributed by atoms with van der Waals surface area (Å²) in [6.07, 6.45) is 8.00. The van der Waals surface area contributed by atoms with Crippen molar-refractivity contribution in [1.29, 1.82) is 0 Å². The fraction of sp³-hybridized carbons (Fsp3) is 0.325. The largest absolute Gasteiger partial charge is 0.353 e. The Morgan fingerprint density at radius 3 is 2.38 bits per heavy atom. The number of rotatable bonds is 5. The lowest BCUT2D eigenvalue weighted by Gasteiger charge is -2.30. The van der Waals surface area contributed by atoms with Crippen molar-refractivity contribution in [3.63, 3.8) is 0 Å². The molecule has 2 fully saturated rings. The molecule has 0 unspecified atom stereocenters. The standard InChI is InChI=1S/C40H42N6O/c1-27-14-17-37-43-40(36(46(37)26-27)25-38(47)45-20-8-3-9-21-45)31-11-5-4-10-30(31)29-15-16-34-35(24-29)42-39(28-18-22-44(2)23-19-28)32-12-6-7-13-33(32)41-34/h4-7,10-17,24,26,28,41H,3,8-9,18-23,25H2,1-2H3. The van der Waals surface area contributed by atoms with Crippen LogP contribution in [0.3, 0.4) is 0 Å². The molecule has 0 saturated carbocycles. The number of fused-ring (bicyclic) bond motifs is 3. The Hall–Kier alpha value is -4.75. The van der Waals surface area contributed by atoms with Gasteiger partial charge in [-0.05, 0) is 100 Å². The Balaban J connectivity index is 1.23. The topological polar surface area (TPSA) is 65.2 Å². The molecule has 7 heteroatoms. The van der Waals surface area contributed by atoms with Crippen LogP contribution >= 0.6 is 0 Å². The van der Waals surface area contributed by atoms with E-state index < -0.39 is 0 Å². The minimum Gasteiger partial charge on any atom is -0.353 e. The van der Waals surface area contributed by atoms with Gasteiger partial charge in [-0.25, -0.2) is 4.98 Å². The fourth-order valence-corrected chi connectivity index (χ4v) is 7.57. The minimum absolute atomic E-state index is 0.179. The maximum absolute atomic E-state index is 13.7. The highest BCUT2D eigenvalue weighted by Crippen LogP contribution is 2.42. The van der Waals surface area contributed by atoms with Gasteiger partial charge >= 0.3 is 0 Å². The van der Waals surface area contributed by atoms with Gasteiger partial charge in [0.25, 0.3) is 0 Å². The van der Waals surface area contributed by atoms with E-state index in [-0.39, 0.29) is 5.91 Å². The van der Waals surface area contributed by atoms with E-state index >= 15 is 0 Å². The summed E-state index contributed by atoms with van der Waals surface area (Å²) in [5.74, 6) is 0.593. The zero-order valence-electron chi connectivity index (χ0n) is 27.4. The molecule has 2 saturated heterocycles. The summed E-state index contributed by atoms with van der Waals surface area (Å²) in [5, 5.41) is 3.71. The number of pyridine rings is 1. The number of hydrogen-bond donors (Lipinski definition) is 1. The smallest absolute Gasteiger partial charge is 0.228 e. The maximum atomic E-state index is 13.7. The predicted molar refractivity (Wildman–Crippen MR) is 191 cm³/mol. The molecule has 0 spiro atoms. The van der Waals surface area contributed by atoms with Gasteiger partial charge in [-0.15, -0.1) is 0 Å². The summed E-state index contributed by atoms with van der Waals surface area (Å²) in [5.41, 5.74) is 12.5. The van der Waals surface area contributed by atoms with Crippen molar-refractivity contribution in [2.24, 2.45) is 10.9 Å². The van der Waals surface area contributed by atoms with Gasteiger partial charge in [0.05, 0.1) is 34.9 Å². The lowest BCUT2D eigenvalue weighted by atomic mass is 9.87. The van der Waals surface area contributed by atoms with Gasteiger partial charge in [0, 0.05) is 42.0 Å². The number of amides is 1. The van der Waals surface area contributed by atoms with Crippen molar-refractivity contribution in [1.82, 2.24) is 19.2 Å². The number of para-hydroxylation sites is 1. The molecule has 5 aromatic rings. The van der Waals surface area contributed by atoms with Gasteiger partial charge in [0.15, 0.2) is 0 Å². The Morgan fingerprint density at radius 1 is 0.830 bits per heavy atom. The third-order valence-electron chi connectivity index (χ3n) is 10.2. The first-order chi connectivity index (χ1) is 23.0. The van der Waals surface area contributed by atoms with E-state index in [4.69, 9.17) is 9.98 Å². The van der Waals surface area contributed by atoms with E-state index in [2.05, 4.69) is 114 Å². The number of likely N-dealkylation sites (tertiary alicyclic amines) is 2. The molecular formula is C40H42N6O. The van der Waals surface area contributed by atoms with Crippen LogP contribution < -0.4 is 5.32 Å². The number of piperidine rings is 2. The van der Waals surface area contributed by atoms with Gasteiger partial charge in [0.2, 0.25) is 5.91 Å². The second-order valence-corrected chi connectivity index (χ2v) is 13.5. The third-order valence-corrected chi connectivity index (χ3v) is 10.2. The molecule has 8 rings (SSSR count). The van der Waals surface area contributed by atoms with Crippen molar-refractivity contribution < 1.29 is 4.79 Å². The molecular weight excluding hydrogens is 580 g/mol. The number of imidazole rings is 1. The van der Waals surface area contributed by atoms with Crippen molar-refractivity contribution in [2.75, 3.05) is 38.5 Å². The molecule has 47 heavy (non-hydrogen) atoms. The normalized spacial score (nSPS) is 17.1. The number of nitrogens with zero attached hydrogens (tertiary/aromatic N) is 5. The third kappa shape index (κ3) is 5.74. The van der Waals surface area contributed by atoms with Crippen LogP contribution in [0.2, 0.25) is 0 Å². The van der Waals surface area contributed by atoms with Crippen LogP contribution in [0.4, 0.5) is 17.1 Å². The zero-order valence-corrected chi connectivity index (χ0v) is 27.4. The summed E-state index contributed by atoms with van der Waals surface area (Å²) >= 11 is 0. The summed E-state index contributed by atoms with van der Waals surface area (Å²) < 4.78 is 2.12. The SMILES string of the molecule is Cc1ccc2nc(-c3ccccc3-c3ccc4c(c3)N=C(C3CCN(C)CC3)c3ccccc3N4)c(CC(=O)N3CCCCC3)n2c1. The minimum atomic E-state index is 0.179. The van der Waals surface area contributed by atoms with Crippen molar-refractivity contribution in [3.8, 4) is 22.4 Å². The highest BCUT2D eigenvalue weighted by molar-refractivity contribution is 6.10. The predicted octanol–water partition coefficient (Wildman–Crippen LogP) is 8.05. The molecule has 3 aliphatic rings. The van der Waals surface area contributed by atoms with Gasteiger partial charge in [0.1, 0.15) is 5.65 Å². The summed E-state index contributed by atoms with van der Waals surface area (Å²) in [6, 6.07) is 27.8. The van der Waals surface area contributed by atoms with Gasteiger partial charge < -0.3 is 19.5 Å². The van der Waals surface area contributed by atoms with Crippen molar-refractivity contribution in [3.05, 3.63) is 102 Å². The molecule has 3 aliphatic heterocycles. The summed E-state index contributed by atoms with van der Waals surface area (Å²) in [6.45, 7) is 5.94. The summed E-state index contributed by atoms with van der Waals surface area (Å²) in [7, 11) is 2.21. The number of aromatic nitrogens is 2. The molecule has 0 radical (unpaired) electrons. The van der Waals surface area contributed by atoms with Crippen molar-refractivity contribution in [2.45, 2.75) is 45.4 Å². The Morgan fingerprint density at radius 2 is 1.57 bits per heavy atom. The molecule has 2 aromatic heterocycles. The quantitative estimate of drug-likeness (QED) is 0.215. The van der Waals surface area contributed by atoms with Crippen molar-refractivity contribution >= 4 is 34.3 Å². The molecule has 7 nitrogen and oxygen atoms in total. The fourth-order valence-electron chi connectivity index (χ4n) is 7.57. The van der Waals surface area contributed by atoms with Crippen LogP contribution in [0.5, 0.6) is 0 Å². The van der Waals surface area contributed by atoms with E-state index in [0.29, 0.717) is 12.3 Å². The second kappa shape index (κ2) is 12.5. The zero-order chi connectivity index (χ0) is 31.9. The van der Waals surface area contributed by atoms with Gasteiger partial charge in [-0.3, -0.25) is 9.79 Å². The summed E-state index contributed by atoms with van der Waals surface area (Å²) in [4.78, 5) is 28.7. The van der Waals surface area contributed by atoms with E-state index in [9.17, 15) is 4.79 Å². The highest BCUT2D eigenvalue weighted by atomic mass is 16.2. The first kappa shape index (κ1) is 29.6. The molecule has 0 atom stereocenters. The number of benzene rings is 3. The molecule has 1 amide bonds. The highest BCUT2D eigenvalue weighted by Gasteiger charge is 2.28. The number of nitrogens with one attached hydrogen (secondary N) is 1. The van der Waals surface area contributed by atoms with E-state index in [1.807, 2.05) is 4.90 Å². The van der Waals surface area contributed by atoms with E-state index in [1.54, 1.807) is 0 Å². The van der Waals surface area contributed by atoms with Gasteiger partial charge in [-0.1, -0.05) is 54.6 Å². The Kier molecular flexibility index (Phi) is 7.85. The monoisotopic (exact) mass is 622 g/mol. The molecule has 238 valence electrons. The molecule has 0 bridgehead atoms. The van der Waals surface area contributed by atoms with Crippen LogP contribution in [0.15, 0.2) is 90.1 Å². The molecule has 3 aromatic carbocycles. The van der Waals surface area contributed by atoms with E-state index in [0.717, 1.165) is 108 Å². The number of hydrogen-bond acceptors (Lipinski definition) is 5. The number of aliphatic imine (C=N–C) groups is 1. The average Bonchev–Trinajstić information content (AvgIpc) is 3.36. The first-order valence-corrected chi connectivity index (χ1v) is 17.1. The van der Waals surface area contributed by atoms with E-state index in [1.165, 1.54) is 17.7 Å². The second-order valence-electron chi connectivity index (χ2n) is 13.5.